The molecule has 0 saturated carbocycles. The van der Waals surface area contributed by atoms with Gasteiger partial charge in [-0.05, 0) is 23.8 Å². The lowest BCUT2D eigenvalue weighted by Gasteiger charge is -2.10. The highest BCUT2D eigenvalue weighted by Gasteiger charge is 2.30. The maximum Gasteiger partial charge on any atom is 0.339 e. The zero-order chi connectivity index (χ0) is 13.4. The summed E-state index contributed by atoms with van der Waals surface area (Å²) in [5.74, 6) is -1.65. The number of carbonyl (C=O) groups is 1. The fraction of sp³-hybridized carbons (Fsp3) is 0.133. The van der Waals surface area contributed by atoms with Crippen LogP contribution in [0.3, 0.4) is 0 Å². The minimum Gasteiger partial charge on any atom is -0.454 e. The molecule has 0 N–H and O–H groups in total. The summed E-state index contributed by atoms with van der Waals surface area (Å²) in [5, 5.41) is 0. The van der Waals surface area contributed by atoms with Crippen molar-refractivity contribution < 1.29 is 18.3 Å². The van der Waals surface area contributed by atoms with Crippen molar-refractivity contribution in [1.82, 2.24) is 0 Å². The van der Waals surface area contributed by atoms with Gasteiger partial charge in [0.1, 0.15) is 17.7 Å². The SMILES string of the molecule is O=C1O[C@H](Cc2cc(F)cc(F)c2)c2ccccc21. The molecule has 0 saturated heterocycles. The molecule has 96 valence electrons. The van der Waals surface area contributed by atoms with Crippen LogP contribution in [0.4, 0.5) is 8.78 Å². The van der Waals surface area contributed by atoms with Crippen molar-refractivity contribution in [2.45, 2.75) is 12.5 Å². The first-order chi connectivity index (χ1) is 9.13. The van der Waals surface area contributed by atoms with Crippen LogP contribution in [0.2, 0.25) is 0 Å². The first-order valence-corrected chi connectivity index (χ1v) is 5.88. The van der Waals surface area contributed by atoms with Crippen LogP contribution in [0.1, 0.15) is 27.6 Å². The van der Waals surface area contributed by atoms with E-state index < -0.39 is 23.7 Å². The van der Waals surface area contributed by atoms with Crippen LogP contribution in [-0.4, -0.2) is 5.97 Å². The summed E-state index contributed by atoms with van der Waals surface area (Å²) in [6.45, 7) is 0. The highest BCUT2D eigenvalue weighted by Crippen LogP contribution is 2.33. The van der Waals surface area contributed by atoms with Crippen molar-refractivity contribution >= 4 is 5.97 Å². The van der Waals surface area contributed by atoms with E-state index in [1.807, 2.05) is 0 Å². The monoisotopic (exact) mass is 260 g/mol. The summed E-state index contributed by atoms with van der Waals surface area (Å²) in [6, 6.07) is 10.3. The molecule has 1 aliphatic rings. The fourth-order valence-corrected chi connectivity index (χ4v) is 2.31. The molecule has 2 aromatic rings. The van der Waals surface area contributed by atoms with Gasteiger partial charge in [0, 0.05) is 18.1 Å². The zero-order valence-corrected chi connectivity index (χ0v) is 9.90. The molecule has 1 aliphatic heterocycles. The smallest absolute Gasteiger partial charge is 0.339 e. The Bertz CT molecular complexity index is 632. The van der Waals surface area contributed by atoms with E-state index >= 15 is 0 Å². The topological polar surface area (TPSA) is 26.3 Å². The molecule has 19 heavy (non-hydrogen) atoms. The second kappa shape index (κ2) is 4.46. The van der Waals surface area contributed by atoms with E-state index in [1.54, 1.807) is 24.3 Å². The molecule has 4 heteroatoms. The van der Waals surface area contributed by atoms with Gasteiger partial charge in [-0.15, -0.1) is 0 Å². The number of fused-ring (bicyclic) bond motifs is 1. The van der Waals surface area contributed by atoms with E-state index in [0.29, 0.717) is 11.1 Å². The Morgan fingerprint density at radius 3 is 2.47 bits per heavy atom. The molecule has 0 radical (unpaired) electrons. The molecule has 1 heterocycles. The Balaban J connectivity index is 1.91. The zero-order valence-electron chi connectivity index (χ0n) is 9.90. The number of hydrogen-bond acceptors (Lipinski definition) is 2. The van der Waals surface area contributed by atoms with Gasteiger partial charge in [-0.25, -0.2) is 13.6 Å². The van der Waals surface area contributed by atoms with Gasteiger partial charge in [0.15, 0.2) is 0 Å². The number of benzene rings is 2. The Kier molecular flexibility index (Phi) is 2.78. The van der Waals surface area contributed by atoms with Crippen molar-refractivity contribution in [3.05, 3.63) is 70.8 Å². The van der Waals surface area contributed by atoms with E-state index in [-0.39, 0.29) is 6.42 Å². The predicted octanol–water partition coefficient (Wildman–Crippen LogP) is 3.42. The molecular formula is C15H10F2O2. The van der Waals surface area contributed by atoms with Gasteiger partial charge in [-0.2, -0.15) is 0 Å². The minimum absolute atomic E-state index is 0.261. The summed E-state index contributed by atoms with van der Waals surface area (Å²) in [6.07, 6.45) is -0.220. The van der Waals surface area contributed by atoms with Crippen LogP contribution in [0.25, 0.3) is 0 Å². The molecule has 0 unspecified atom stereocenters. The third-order valence-corrected chi connectivity index (χ3v) is 3.12. The summed E-state index contributed by atoms with van der Waals surface area (Å²) in [4.78, 5) is 11.6. The van der Waals surface area contributed by atoms with Crippen molar-refractivity contribution in [3.8, 4) is 0 Å². The lowest BCUT2D eigenvalue weighted by molar-refractivity contribution is 0.0387. The van der Waals surface area contributed by atoms with Crippen LogP contribution in [0.5, 0.6) is 0 Å². The normalized spacial score (nSPS) is 17.2. The number of carbonyl (C=O) groups excluding carboxylic acids is 1. The van der Waals surface area contributed by atoms with Crippen molar-refractivity contribution in [2.75, 3.05) is 0 Å². The maximum atomic E-state index is 13.1. The van der Waals surface area contributed by atoms with E-state index in [1.165, 1.54) is 12.1 Å². The molecular weight excluding hydrogens is 250 g/mol. The summed E-state index contributed by atoms with van der Waals surface area (Å²) in [5.41, 5.74) is 1.74. The van der Waals surface area contributed by atoms with E-state index in [2.05, 4.69) is 0 Å². The maximum absolute atomic E-state index is 13.1. The van der Waals surface area contributed by atoms with Crippen LogP contribution < -0.4 is 0 Å². The third-order valence-electron chi connectivity index (χ3n) is 3.12. The fourth-order valence-electron chi connectivity index (χ4n) is 2.31. The lowest BCUT2D eigenvalue weighted by atomic mass is 9.99. The molecule has 0 bridgehead atoms. The summed E-state index contributed by atoms with van der Waals surface area (Å²) < 4.78 is 31.5. The number of ether oxygens (including phenoxy) is 1. The number of esters is 1. The molecule has 3 rings (SSSR count). The first-order valence-electron chi connectivity index (χ1n) is 5.88. The molecule has 0 amide bonds. The van der Waals surface area contributed by atoms with E-state index in [4.69, 9.17) is 4.74 Å². The Morgan fingerprint density at radius 2 is 1.74 bits per heavy atom. The lowest BCUT2D eigenvalue weighted by Crippen LogP contribution is -2.03. The second-order valence-corrected chi connectivity index (χ2v) is 4.46. The molecule has 0 fully saturated rings. The van der Waals surface area contributed by atoms with E-state index in [0.717, 1.165) is 11.6 Å². The molecule has 1 atom stereocenters. The highest BCUT2D eigenvalue weighted by molar-refractivity contribution is 5.94. The molecule has 0 aliphatic carbocycles. The first kappa shape index (κ1) is 11.8. The number of cyclic esters (lactones) is 1. The van der Waals surface area contributed by atoms with Crippen molar-refractivity contribution in [1.29, 1.82) is 0 Å². The Morgan fingerprint density at radius 1 is 1.05 bits per heavy atom. The minimum atomic E-state index is -0.632. The molecule has 0 aromatic heterocycles. The summed E-state index contributed by atoms with van der Waals surface area (Å²) in [7, 11) is 0. The highest BCUT2D eigenvalue weighted by atomic mass is 19.1. The van der Waals surface area contributed by atoms with Crippen LogP contribution >= 0.6 is 0 Å². The number of halogens is 2. The van der Waals surface area contributed by atoms with Crippen molar-refractivity contribution in [3.63, 3.8) is 0 Å². The largest absolute Gasteiger partial charge is 0.454 e. The molecule has 2 nitrogen and oxygen atoms in total. The molecule has 2 aromatic carbocycles. The Hall–Kier alpha value is -2.23. The van der Waals surface area contributed by atoms with Crippen molar-refractivity contribution in [2.24, 2.45) is 0 Å². The van der Waals surface area contributed by atoms with Gasteiger partial charge in [-0.3, -0.25) is 0 Å². The third kappa shape index (κ3) is 2.21. The average Bonchev–Trinajstić information content (AvgIpc) is 2.66. The Labute approximate surface area is 108 Å². The standard InChI is InChI=1S/C15H10F2O2/c16-10-5-9(6-11(17)8-10)7-14-12-3-1-2-4-13(12)15(18)19-14/h1-6,8,14H,7H2/t14-/m1/s1. The van der Waals surface area contributed by atoms with Gasteiger partial charge < -0.3 is 4.74 Å². The second-order valence-electron chi connectivity index (χ2n) is 4.46. The van der Waals surface area contributed by atoms with Crippen LogP contribution in [0.15, 0.2) is 42.5 Å². The predicted molar refractivity (Wildman–Crippen MR) is 64.7 cm³/mol. The number of hydrogen-bond donors (Lipinski definition) is 0. The summed E-state index contributed by atoms with van der Waals surface area (Å²) >= 11 is 0. The quantitative estimate of drug-likeness (QED) is 0.773. The average molecular weight is 260 g/mol. The van der Waals surface area contributed by atoms with Gasteiger partial charge in [0.2, 0.25) is 0 Å². The van der Waals surface area contributed by atoms with E-state index in [9.17, 15) is 13.6 Å². The van der Waals surface area contributed by atoms with Gasteiger partial charge in [-0.1, -0.05) is 18.2 Å². The number of rotatable bonds is 2. The van der Waals surface area contributed by atoms with Gasteiger partial charge in [0.25, 0.3) is 0 Å². The van der Waals surface area contributed by atoms with Crippen LogP contribution in [-0.2, 0) is 11.2 Å². The van der Waals surface area contributed by atoms with Gasteiger partial charge in [0.05, 0.1) is 5.56 Å². The van der Waals surface area contributed by atoms with Crippen LogP contribution in [0, 0.1) is 11.6 Å². The molecule has 0 spiro atoms. The van der Waals surface area contributed by atoms with Gasteiger partial charge >= 0.3 is 5.97 Å².